The second kappa shape index (κ2) is 35.6. The number of nitrogens with zero attached hydrogens (tertiary/aromatic N) is 1. The second-order valence-corrected chi connectivity index (χ2v) is 15.9. The molecule has 0 aromatic carbocycles. The molecule has 0 aromatic rings. The number of phosphoric ester groups is 1. The average Bonchev–Trinajstić information content (AvgIpc) is 3.13. The van der Waals surface area contributed by atoms with Crippen LogP contribution in [0.5, 0.6) is 0 Å². The SMILES string of the molecule is CC/C=C\C/C=C\C/C=C\C/C=C\C/C=C\C=C/C(O)CCC(=O)O[C@H](COC(=O)CCCCCCC/C=C\CCCC)COP(=O)(O)OCC[N+](C)(C)C. The smallest absolute Gasteiger partial charge is 0.462 e. The molecule has 11 heteroatoms. The van der Waals surface area contributed by atoms with E-state index in [-0.39, 0.29) is 32.5 Å². The molecule has 0 aliphatic heterocycles. The molecule has 0 aliphatic rings. The van der Waals surface area contributed by atoms with Gasteiger partial charge in [0, 0.05) is 12.8 Å². The van der Waals surface area contributed by atoms with Gasteiger partial charge < -0.3 is 24.0 Å². The van der Waals surface area contributed by atoms with Crippen LogP contribution in [0.1, 0.15) is 123 Å². The van der Waals surface area contributed by atoms with Gasteiger partial charge in [0.2, 0.25) is 0 Å². The molecule has 0 radical (unpaired) electrons. The molecule has 0 aromatic heterocycles. The van der Waals surface area contributed by atoms with Crippen molar-refractivity contribution in [2.45, 2.75) is 135 Å². The van der Waals surface area contributed by atoms with Crippen LogP contribution in [0.2, 0.25) is 0 Å². The first-order chi connectivity index (χ1) is 26.4. The predicted molar refractivity (Wildman–Crippen MR) is 225 cm³/mol. The topological polar surface area (TPSA) is 129 Å². The maximum atomic E-state index is 12.7. The molecule has 2 unspecified atom stereocenters. The molecule has 55 heavy (non-hydrogen) atoms. The molecule has 0 rings (SSSR count). The largest absolute Gasteiger partial charge is 0.472 e. The van der Waals surface area contributed by atoms with E-state index < -0.39 is 38.6 Å². The fourth-order valence-electron chi connectivity index (χ4n) is 4.75. The number of phosphoric acid groups is 1. The number of aliphatic hydroxyl groups excluding tert-OH is 1. The van der Waals surface area contributed by atoms with E-state index in [9.17, 15) is 24.2 Å². The molecule has 0 amide bonds. The van der Waals surface area contributed by atoms with Crippen LogP contribution < -0.4 is 0 Å². The number of quaternary nitrogens is 1. The van der Waals surface area contributed by atoms with Crippen molar-refractivity contribution in [3.05, 3.63) is 85.1 Å². The van der Waals surface area contributed by atoms with Gasteiger partial charge in [-0.2, -0.15) is 0 Å². The van der Waals surface area contributed by atoms with E-state index in [1.165, 1.54) is 12.8 Å². The Balaban J connectivity index is 4.68. The lowest BCUT2D eigenvalue weighted by atomic mass is 10.1. The number of allylic oxidation sites excluding steroid dienone is 13. The van der Waals surface area contributed by atoms with Crippen molar-refractivity contribution >= 4 is 19.8 Å². The summed E-state index contributed by atoms with van der Waals surface area (Å²) in [5.41, 5.74) is 0. The Morgan fingerprint density at radius 1 is 0.673 bits per heavy atom. The molecule has 0 bridgehead atoms. The number of carbonyl (C=O) groups is 2. The van der Waals surface area contributed by atoms with Crippen LogP contribution >= 0.6 is 7.82 Å². The van der Waals surface area contributed by atoms with Crippen LogP contribution in [-0.2, 0) is 32.7 Å². The molecule has 3 atom stereocenters. The number of esters is 2. The van der Waals surface area contributed by atoms with Crippen LogP contribution in [-0.4, -0.2) is 86.1 Å². The average molecular weight is 793 g/mol. The van der Waals surface area contributed by atoms with Crippen LogP contribution in [0.25, 0.3) is 0 Å². The van der Waals surface area contributed by atoms with Crippen molar-refractivity contribution in [3.8, 4) is 0 Å². The van der Waals surface area contributed by atoms with E-state index in [0.717, 1.165) is 70.6 Å². The zero-order valence-electron chi connectivity index (χ0n) is 34.7. The zero-order chi connectivity index (χ0) is 40.9. The maximum absolute atomic E-state index is 12.7. The van der Waals surface area contributed by atoms with Gasteiger partial charge in [-0.15, -0.1) is 0 Å². The maximum Gasteiger partial charge on any atom is 0.472 e. The molecule has 0 saturated heterocycles. The van der Waals surface area contributed by atoms with Crippen molar-refractivity contribution in [3.63, 3.8) is 0 Å². The van der Waals surface area contributed by atoms with Crippen LogP contribution in [0, 0.1) is 0 Å². The third-order valence-corrected chi connectivity index (χ3v) is 9.01. The number of hydrogen-bond donors (Lipinski definition) is 2. The summed E-state index contributed by atoms with van der Waals surface area (Å²) in [6.07, 6.45) is 41.1. The third-order valence-electron chi connectivity index (χ3n) is 8.03. The Kier molecular flexibility index (Phi) is 33.7. The number of rotatable bonds is 35. The fraction of sp³-hybridized carbons (Fsp3) is 0.636. The number of unbranched alkanes of at least 4 members (excludes halogenated alkanes) is 7. The second-order valence-electron chi connectivity index (χ2n) is 14.5. The number of carbonyl (C=O) groups excluding carboxylic acids is 2. The summed E-state index contributed by atoms with van der Waals surface area (Å²) in [7, 11) is 1.31. The van der Waals surface area contributed by atoms with Gasteiger partial charge in [-0.3, -0.25) is 18.6 Å². The summed E-state index contributed by atoms with van der Waals surface area (Å²) in [6, 6.07) is 0. The number of hydrogen-bond acceptors (Lipinski definition) is 8. The van der Waals surface area contributed by atoms with E-state index in [1.807, 2.05) is 33.3 Å². The Morgan fingerprint density at radius 2 is 1.25 bits per heavy atom. The highest BCUT2D eigenvalue weighted by atomic mass is 31.2. The molecule has 0 spiro atoms. The van der Waals surface area contributed by atoms with Crippen molar-refractivity contribution < 1.29 is 47.2 Å². The molecule has 0 aliphatic carbocycles. The van der Waals surface area contributed by atoms with Crippen molar-refractivity contribution in [1.82, 2.24) is 0 Å². The van der Waals surface area contributed by atoms with Gasteiger partial charge in [0.15, 0.2) is 6.10 Å². The van der Waals surface area contributed by atoms with Crippen LogP contribution in [0.15, 0.2) is 85.1 Å². The monoisotopic (exact) mass is 793 g/mol. The zero-order valence-corrected chi connectivity index (χ0v) is 35.6. The lowest BCUT2D eigenvalue weighted by Crippen LogP contribution is -2.37. The van der Waals surface area contributed by atoms with Gasteiger partial charge in [0.1, 0.15) is 19.8 Å². The van der Waals surface area contributed by atoms with Crippen LogP contribution in [0.3, 0.4) is 0 Å². The van der Waals surface area contributed by atoms with E-state index in [0.29, 0.717) is 17.4 Å². The van der Waals surface area contributed by atoms with E-state index >= 15 is 0 Å². The van der Waals surface area contributed by atoms with Gasteiger partial charge in [0.05, 0.1) is 33.9 Å². The number of aliphatic hydroxyl groups is 1. The third kappa shape index (κ3) is 39.2. The summed E-state index contributed by atoms with van der Waals surface area (Å²) in [4.78, 5) is 35.2. The first-order valence-corrected chi connectivity index (χ1v) is 21.9. The first-order valence-electron chi connectivity index (χ1n) is 20.4. The molecule has 10 nitrogen and oxygen atoms in total. The number of ether oxygens (including phenoxy) is 2. The fourth-order valence-corrected chi connectivity index (χ4v) is 5.49. The van der Waals surface area contributed by atoms with Crippen molar-refractivity contribution in [2.75, 3.05) is 47.5 Å². The van der Waals surface area contributed by atoms with Crippen molar-refractivity contribution in [2.24, 2.45) is 0 Å². The standard InChI is InChI=1S/C44H74NO9P/c1-6-8-10-12-14-16-18-19-20-21-22-24-25-27-29-31-33-41(46)35-36-44(48)54-42(40-53-55(49,50)52-38-37-45(3,4)5)39-51-43(47)34-32-30-28-26-23-17-15-13-11-9-7-2/h8,10,13-16,19-20,22,24,27,29,31,33,41-42,46H,6-7,9,11-12,17-18,21,23,25-26,28,30,32,34-40H2,1-5H3/p+1/b10-8-,15-13-,16-14-,20-19-,24-22-,29-27-,33-31-/t41?,42-/m1/s1. The summed E-state index contributed by atoms with van der Waals surface area (Å²) in [6.45, 7) is 3.94. The Bertz CT molecular complexity index is 1230. The van der Waals surface area contributed by atoms with Crippen molar-refractivity contribution in [1.29, 1.82) is 0 Å². The van der Waals surface area contributed by atoms with Gasteiger partial charge >= 0.3 is 19.8 Å². The summed E-state index contributed by atoms with van der Waals surface area (Å²) < 4.78 is 33.9. The molecule has 2 N–H and O–H groups in total. The summed E-state index contributed by atoms with van der Waals surface area (Å²) in [5, 5.41) is 10.3. The lowest BCUT2D eigenvalue weighted by Gasteiger charge is -2.24. The lowest BCUT2D eigenvalue weighted by molar-refractivity contribution is -0.870. The highest BCUT2D eigenvalue weighted by Crippen LogP contribution is 2.43. The minimum Gasteiger partial charge on any atom is -0.462 e. The van der Waals surface area contributed by atoms with Crippen LogP contribution in [0.4, 0.5) is 0 Å². The summed E-state index contributed by atoms with van der Waals surface area (Å²) >= 11 is 0. The molecule has 314 valence electrons. The minimum absolute atomic E-state index is 0.0165. The van der Waals surface area contributed by atoms with Gasteiger partial charge in [0.25, 0.3) is 0 Å². The minimum atomic E-state index is -4.44. The Hall–Kier alpha value is -2.85. The van der Waals surface area contributed by atoms with Gasteiger partial charge in [-0.25, -0.2) is 4.57 Å². The molecule has 0 fully saturated rings. The molecular formula is C44H75NO9P+. The highest BCUT2D eigenvalue weighted by Gasteiger charge is 2.27. The van der Waals surface area contributed by atoms with E-state index in [4.69, 9.17) is 18.5 Å². The Labute approximate surface area is 333 Å². The van der Waals surface area contributed by atoms with E-state index in [2.05, 4.69) is 74.6 Å². The van der Waals surface area contributed by atoms with E-state index in [1.54, 1.807) is 12.2 Å². The normalized spacial score (nSPS) is 15.1. The quantitative estimate of drug-likeness (QED) is 0.0161. The highest BCUT2D eigenvalue weighted by molar-refractivity contribution is 7.47. The molecular weight excluding hydrogens is 717 g/mol. The number of likely N-dealkylation sites (N-methyl/N-ethyl adjacent to an activating group) is 1. The summed E-state index contributed by atoms with van der Waals surface area (Å²) in [5.74, 6) is -1.10. The van der Waals surface area contributed by atoms with Gasteiger partial charge in [-0.05, 0) is 64.2 Å². The molecule has 0 heterocycles. The first kappa shape index (κ1) is 52.2. The molecule has 0 saturated carbocycles. The predicted octanol–water partition coefficient (Wildman–Crippen LogP) is 10.2. The van der Waals surface area contributed by atoms with Gasteiger partial charge in [-0.1, -0.05) is 131 Å². The Morgan fingerprint density at radius 3 is 1.87 bits per heavy atom.